The molecular formula is C22H22N2O6. The highest BCUT2D eigenvalue weighted by atomic mass is 16.6. The largest absolute Gasteiger partial charge is 0.486 e. The van der Waals surface area contributed by atoms with Gasteiger partial charge < -0.3 is 24.4 Å². The van der Waals surface area contributed by atoms with E-state index in [4.69, 9.17) is 14.2 Å². The number of esters is 1. The second kappa shape index (κ2) is 8.44. The molecule has 2 aliphatic heterocycles. The number of carbonyl (C=O) groups excluding carboxylic acids is 3. The van der Waals surface area contributed by atoms with Crippen molar-refractivity contribution in [2.45, 2.75) is 25.9 Å². The molecule has 1 atom stereocenters. The zero-order chi connectivity index (χ0) is 21.1. The van der Waals surface area contributed by atoms with Crippen LogP contribution in [0.25, 0.3) is 0 Å². The normalized spacial score (nSPS) is 16.2. The van der Waals surface area contributed by atoms with Gasteiger partial charge in [-0.05, 0) is 43.7 Å². The highest BCUT2D eigenvalue weighted by Gasteiger charge is 2.24. The Labute approximate surface area is 173 Å². The summed E-state index contributed by atoms with van der Waals surface area (Å²) in [5.74, 6) is 0.110. The maximum Gasteiger partial charge on any atom is 0.338 e. The van der Waals surface area contributed by atoms with Crippen LogP contribution < -0.4 is 19.7 Å². The first-order valence-corrected chi connectivity index (χ1v) is 9.83. The molecule has 30 heavy (non-hydrogen) atoms. The quantitative estimate of drug-likeness (QED) is 0.762. The Hall–Kier alpha value is -3.55. The maximum atomic E-state index is 12.5. The van der Waals surface area contributed by atoms with Gasteiger partial charge in [-0.2, -0.15) is 0 Å². The Morgan fingerprint density at radius 3 is 2.67 bits per heavy atom. The number of amides is 2. The van der Waals surface area contributed by atoms with Crippen LogP contribution in [0.15, 0.2) is 42.5 Å². The van der Waals surface area contributed by atoms with Gasteiger partial charge in [-0.3, -0.25) is 9.59 Å². The Morgan fingerprint density at radius 2 is 1.90 bits per heavy atom. The molecule has 2 aromatic rings. The zero-order valence-corrected chi connectivity index (χ0v) is 16.6. The lowest BCUT2D eigenvalue weighted by Gasteiger charge is -2.20. The van der Waals surface area contributed by atoms with E-state index in [1.165, 1.54) is 6.92 Å². The van der Waals surface area contributed by atoms with Gasteiger partial charge in [0.25, 0.3) is 5.91 Å². The Kier molecular flexibility index (Phi) is 5.56. The molecule has 2 amide bonds. The number of fused-ring (bicyclic) bond motifs is 1. The average molecular weight is 410 g/mol. The fourth-order valence-corrected chi connectivity index (χ4v) is 3.37. The van der Waals surface area contributed by atoms with Gasteiger partial charge in [-0.1, -0.05) is 6.07 Å². The van der Waals surface area contributed by atoms with Crippen molar-refractivity contribution in [3.8, 4) is 11.5 Å². The third kappa shape index (κ3) is 4.22. The van der Waals surface area contributed by atoms with Crippen molar-refractivity contribution >= 4 is 29.2 Å². The second-order valence-electron chi connectivity index (χ2n) is 7.09. The molecule has 0 spiro atoms. The summed E-state index contributed by atoms with van der Waals surface area (Å²) < 4.78 is 16.3. The zero-order valence-electron chi connectivity index (χ0n) is 16.6. The number of hydrogen-bond donors (Lipinski definition) is 1. The van der Waals surface area contributed by atoms with E-state index in [1.54, 1.807) is 47.4 Å². The number of hydrogen-bond acceptors (Lipinski definition) is 6. The molecule has 0 saturated carbocycles. The van der Waals surface area contributed by atoms with Crippen LogP contribution in [0.5, 0.6) is 11.5 Å². The van der Waals surface area contributed by atoms with E-state index in [-0.39, 0.29) is 11.5 Å². The minimum atomic E-state index is -1.01. The van der Waals surface area contributed by atoms with Crippen molar-refractivity contribution in [1.29, 1.82) is 0 Å². The van der Waals surface area contributed by atoms with E-state index in [2.05, 4.69) is 5.32 Å². The highest BCUT2D eigenvalue weighted by molar-refractivity contribution is 5.99. The number of carbonyl (C=O) groups is 3. The molecular weight excluding hydrogens is 388 g/mol. The van der Waals surface area contributed by atoms with Gasteiger partial charge in [0, 0.05) is 30.4 Å². The molecule has 4 rings (SSSR count). The first kappa shape index (κ1) is 19.8. The predicted octanol–water partition coefficient (Wildman–Crippen LogP) is 2.77. The Morgan fingerprint density at radius 1 is 1.10 bits per heavy atom. The summed E-state index contributed by atoms with van der Waals surface area (Å²) >= 11 is 0. The van der Waals surface area contributed by atoms with Crippen LogP contribution in [0.3, 0.4) is 0 Å². The molecule has 0 bridgehead atoms. The molecule has 8 nitrogen and oxygen atoms in total. The van der Waals surface area contributed by atoms with Crippen LogP contribution in [-0.4, -0.2) is 43.6 Å². The van der Waals surface area contributed by atoms with E-state index in [0.29, 0.717) is 49.1 Å². The number of nitrogens with zero attached hydrogens (tertiary/aromatic N) is 1. The van der Waals surface area contributed by atoms with Crippen LogP contribution in [0.1, 0.15) is 30.1 Å². The number of benzene rings is 2. The Balaban J connectivity index is 1.38. The van der Waals surface area contributed by atoms with E-state index in [1.807, 2.05) is 0 Å². The minimum Gasteiger partial charge on any atom is -0.486 e. The van der Waals surface area contributed by atoms with Crippen molar-refractivity contribution in [3.63, 3.8) is 0 Å². The molecule has 2 heterocycles. The molecule has 0 unspecified atom stereocenters. The lowest BCUT2D eigenvalue weighted by atomic mass is 10.2. The van der Waals surface area contributed by atoms with Gasteiger partial charge >= 0.3 is 5.97 Å². The summed E-state index contributed by atoms with van der Waals surface area (Å²) in [6, 6.07) is 11.7. The molecule has 1 saturated heterocycles. The predicted molar refractivity (Wildman–Crippen MR) is 109 cm³/mol. The van der Waals surface area contributed by atoms with Gasteiger partial charge in [0.15, 0.2) is 17.6 Å². The van der Waals surface area contributed by atoms with Crippen molar-refractivity contribution in [1.82, 2.24) is 0 Å². The number of anilines is 2. The molecule has 0 radical (unpaired) electrons. The van der Waals surface area contributed by atoms with Crippen LogP contribution in [-0.2, 0) is 14.3 Å². The number of rotatable bonds is 5. The first-order valence-electron chi connectivity index (χ1n) is 9.83. The number of ether oxygens (including phenoxy) is 3. The van der Waals surface area contributed by atoms with Crippen molar-refractivity contribution in [2.75, 3.05) is 30.0 Å². The fraction of sp³-hybridized carbons (Fsp3) is 0.318. The molecule has 8 heteroatoms. The maximum absolute atomic E-state index is 12.5. The summed E-state index contributed by atoms with van der Waals surface area (Å²) in [6.45, 7) is 3.06. The standard InChI is InChI=1S/C22H22N2O6/c1-14(21(26)23-16-7-8-18-19(13-16)29-11-10-28-18)30-22(27)15-4-2-5-17(12-15)24-9-3-6-20(24)25/h2,4-5,7-8,12-14H,3,6,9-11H2,1H3,(H,23,26)/t14-/m0/s1. The van der Waals surface area contributed by atoms with Crippen molar-refractivity contribution in [2.24, 2.45) is 0 Å². The van der Waals surface area contributed by atoms with Crippen molar-refractivity contribution in [3.05, 3.63) is 48.0 Å². The van der Waals surface area contributed by atoms with Crippen LogP contribution in [0, 0.1) is 0 Å². The molecule has 0 aliphatic carbocycles. The molecule has 2 aliphatic rings. The summed E-state index contributed by atoms with van der Waals surface area (Å²) in [5.41, 5.74) is 1.45. The van der Waals surface area contributed by atoms with Crippen LogP contribution in [0.4, 0.5) is 11.4 Å². The van der Waals surface area contributed by atoms with Gasteiger partial charge in [0.1, 0.15) is 13.2 Å². The smallest absolute Gasteiger partial charge is 0.338 e. The van der Waals surface area contributed by atoms with Crippen molar-refractivity contribution < 1.29 is 28.6 Å². The fourth-order valence-electron chi connectivity index (χ4n) is 3.37. The molecule has 2 aromatic carbocycles. The monoisotopic (exact) mass is 410 g/mol. The molecule has 0 aromatic heterocycles. The average Bonchev–Trinajstić information content (AvgIpc) is 3.19. The lowest BCUT2D eigenvalue weighted by Crippen LogP contribution is -2.30. The lowest BCUT2D eigenvalue weighted by molar-refractivity contribution is -0.123. The SMILES string of the molecule is C[C@H](OC(=O)c1cccc(N2CCCC2=O)c1)C(=O)Nc1ccc2c(c1)OCCO2. The number of nitrogens with one attached hydrogen (secondary N) is 1. The van der Waals surface area contributed by atoms with E-state index < -0.39 is 18.0 Å². The topological polar surface area (TPSA) is 94.2 Å². The summed E-state index contributed by atoms with van der Waals surface area (Å²) in [4.78, 5) is 38.5. The second-order valence-corrected chi connectivity index (χ2v) is 7.09. The summed E-state index contributed by atoms with van der Waals surface area (Å²) in [6.07, 6.45) is 0.291. The van der Waals surface area contributed by atoms with Gasteiger partial charge in [0.05, 0.1) is 5.56 Å². The highest BCUT2D eigenvalue weighted by Crippen LogP contribution is 2.32. The minimum absolute atomic E-state index is 0.0349. The van der Waals surface area contributed by atoms with Crippen LogP contribution >= 0.6 is 0 Å². The summed E-state index contributed by atoms with van der Waals surface area (Å²) in [7, 11) is 0. The molecule has 156 valence electrons. The van der Waals surface area contributed by atoms with Gasteiger partial charge in [-0.15, -0.1) is 0 Å². The van der Waals surface area contributed by atoms with Gasteiger partial charge in [-0.25, -0.2) is 4.79 Å². The van der Waals surface area contributed by atoms with Gasteiger partial charge in [0.2, 0.25) is 5.91 Å². The van der Waals surface area contributed by atoms with E-state index in [0.717, 1.165) is 6.42 Å². The Bertz CT molecular complexity index is 989. The first-order chi connectivity index (χ1) is 14.5. The van der Waals surface area contributed by atoms with Crippen LogP contribution in [0.2, 0.25) is 0 Å². The summed E-state index contributed by atoms with van der Waals surface area (Å²) in [5, 5.41) is 2.71. The molecule has 1 fully saturated rings. The van der Waals surface area contributed by atoms with E-state index >= 15 is 0 Å². The van der Waals surface area contributed by atoms with E-state index in [9.17, 15) is 14.4 Å². The third-order valence-corrected chi connectivity index (χ3v) is 4.93. The third-order valence-electron chi connectivity index (χ3n) is 4.93. The molecule has 1 N–H and O–H groups in total.